The van der Waals surface area contributed by atoms with Gasteiger partial charge < -0.3 is 20.7 Å². The summed E-state index contributed by atoms with van der Waals surface area (Å²) in [6.07, 6.45) is -1.89. The van der Waals surface area contributed by atoms with Crippen LogP contribution in [-0.2, 0) is 4.74 Å². The van der Waals surface area contributed by atoms with Crippen LogP contribution in [0.15, 0.2) is 12.3 Å². The molecule has 2 atom stereocenters. The second-order valence-electron chi connectivity index (χ2n) is 3.21. The Kier molecular flexibility index (Phi) is 3.98. The quantitative estimate of drug-likeness (QED) is 0.471. The highest BCUT2D eigenvalue weighted by Gasteiger charge is 2.21. The van der Waals surface area contributed by atoms with Gasteiger partial charge in [0.1, 0.15) is 17.5 Å². The predicted octanol–water partition coefficient (Wildman–Crippen LogP) is -0.632. The van der Waals surface area contributed by atoms with Crippen LogP contribution in [0.1, 0.15) is 22.0 Å². The minimum Gasteiger partial charge on any atom is -0.465 e. The molecule has 0 saturated carbocycles. The van der Waals surface area contributed by atoms with E-state index < -0.39 is 18.2 Å². The van der Waals surface area contributed by atoms with Crippen LogP contribution in [0.25, 0.3) is 0 Å². The van der Waals surface area contributed by atoms with E-state index in [1.165, 1.54) is 25.4 Å². The van der Waals surface area contributed by atoms with Crippen LogP contribution in [0.2, 0.25) is 0 Å². The van der Waals surface area contributed by atoms with Crippen molar-refractivity contribution in [2.24, 2.45) is 0 Å². The van der Waals surface area contributed by atoms with E-state index in [4.69, 9.17) is 16.1 Å². The molecule has 7 heteroatoms. The Morgan fingerprint density at radius 2 is 2.29 bits per heavy atom. The molecular weight excluding hydrogens is 226 g/mol. The first kappa shape index (κ1) is 12.9. The van der Waals surface area contributed by atoms with Crippen LogP contribution in [0, 0.1) is 11.3 Å². The molecule has 0 aliphatic rings. The summed E-state index contributed by atoms with van der Waals surface area (Å²) in [5.41, 5.74) is 5.53. The smallest absolute Gasteiger partial charge is 0.341 e. The number of esters is 1. The zero-order valence-corrected chi connectivity index (χ0v) is 8.99. The molecule has 1 aromatic rings. The average Bonchev–Trinajstić information content (AvgIpc) is 2.36. The number of ether oxygens (including phenoxy) is 1. The first-order valence-corrected chi connectivity index (χ1v) is 4.60. The number of aliphatic hydroxyl groups is 2. The molecule has 0 spiro atoms. The first-order chi connectivity index (χ1) is 8.01. The zero-order valence-electron chi connectivity index (χ0n) is 8.99. The maximum atomic E-state index is 11.3. The van der Waals surface area contributed by atoms with Gasteiger partial charge in [-0.2, -0.15) is 5.26 Å². The third-order valence-electron chi connectivity index (χ3n) is 2.12. The summed E-state index contributed by atoms with van der Waals surface area (Å²) >= 11 is 0. The van der Waals surface area contributed by atoms with E-state index in [1.54, 1.807) is 0 Å². The van der Waals surface area contributed by atoms with E-state index in [0.717, 1.165) is 0 Å². The molecule has 0 aliphatic heterocycles. The summed E-state index contributed by atoms with van der Waals surface area (Å²) in [7, 11) is 1.18. The van der Waals surface area contributed by atoms with Crippen molar-refractivity contribution in [3.8, 4) is 6.07 Å². The van der Waals surface area contributed by atoms with E-state index in [9.17, 15) is 9.90 Å². The molecule has 0 aromatic carbocycles. The lowest BCUT2D eigenvalue weighted by molar-refractivity contribution is 0.0520. The number of methoxy groups -OCH3 is 1. The number of carbonyl (C=O) groups excluding carboxylic acids is 1. The molecule has 4 N–H and O–H groups in total. The van der Waals surface area contributed by atoms with Gasteiger partial charge in [-0.25, -0.2) is 9.78 Å². The van der Waals surface area contributed by atoms with Gasteiger partial charge >= 0.3 is 5.97 Å². The molecule has 1 heterocycles. The Labute approximate surface area is 97.1 Å². The number of nitrogen functional groups attached to an aromatic ring is 1. The lowest BCUT2D eigenvalue weighted by atomic mass is 10.1. The first-order valence-electron chi connectivity index (χ1n) is 4.60. The highest BCUT2D eigenvalue weighted by molar-refractivity contribution is 5.94. The number of nitrogens with two attached hydrogens (primary N) is 1. The highest BCUT2D eigenvalue weighted by Crippen LogP contribution is 2.20. The minimum absolute atomic E-state index is 0.0332. The van der Waals surface area contributed by atoms with E-state index >= 15 is 0 Å². The van der Waals surface area contributed by atoms with Gasteiger partial charge in [0.25, 0.3) is 0 Å². The van der Waals surface area contributed by atoms with E-state index in [2.05, 4.69) is 9.72 Å². The van der Waals surface area contributed by atoms with Crippen molar-refractivity contribution in [3.63, 3.8) is 0 Å². The van der Waals surface area contributed by atoms with Gasteiger partial charge in [0, 0.05) is 11.8 Å². The van der Waals surface area contributed by atoms with Crippen LogP contribution in [0.4, 0.5) is 5.82 Å². The van der Waals surface area contributed by atoms with Gasteiger partial charge in [-0.3, -0.25) is 0 Å². The monoisotopic (exact) mass is 237 g/mol. The number of aromatic nitrogens is 1. The fourth-order valence-corrected chi connectivity index (χ4v) is 1.18. The predicted molar refractivity (Wildman–Crippen MR) is 56.6 cm³/mol. The molecule has 90 valence electrons. The molecule has 0 amide bonds. The zero-order chi connectivity index (χ0) is 13.0. The number of hydrogen-bond donors (Lipinski definition) is 3. The van der Waals surface area contributed by atoms with E-state index in [-0.39, 0.29) is 16.9 Å². The largest absolute Gasteiger partial charge is 0.465 e. The lowest BCUT2D eigenvalue weighted by Crippen LogP contribution is -2.17. The Morgan fingerprint density at radius 1 is 1.65 bits per heavy atom. The van der Waals surface area contributed by atoms with Crippen molar-refractivity contribution < 1.29 is 19.7 Å². The Bertz CT molecular complexity index is 469. The van der Waals surface area contributed by atoms with Crippen molar-refractivity contribution in [2.75, 3.05) is 12.8 Å². The van der Waals surface area contributed by atoms with Crippen molar-refractivity contribution in [1.29, 1.82) is 5.26 Å². The minimum atomic E-state index is -1.61. The van der Waals surface area contributed by atoms with Crippen molar-refractivity contribution >= 4 is 11.8 Å². The van der Waals surface area contributed by atoms with Crippen molar-refractivity contribution in [3.05, 3.63) is 23.4 Å². The maximum absolute atomic E-state index is 11.3. The average molecular weight is 237 g/mol. The third-order valence-corrected chi connectivity index (χ3v) is 2.12. The normalized spacial score (nSPS) is 13.5. The fourth-order valence-electron chi connectivity index (χ4n) is 1.18. The summed E-state index contributed by atoms with van der Waals surface area (Å²) in [5, 5.41) is 27.2. The van der Waals surface area contributed by atoms with Crippen LogP contribution < -0.4 is 5.73 Å². The number of nitriles is 1. The molecule has 17 heavy (non-hydrogen) atoms. The summed E-state index contributed by atoms with van der Waals surface area (Å²) < 4.78 is 4.47. The van der Waals surface area contributed by atoms with Crippen LogP contribution in [0.3, 0.4) is 0 Å². The summed E-state index contributed by atoms with van der Waals surface area (Å²) in [4.78, 5) is 15.0. The number of carbonyl (C=O) groups is 1. The molecule has 0 aliphatic carbocycles. The molecule has 0 fully saturated rings. The van der Waals surface area contributed by atoms with Crippen molar-refractivity contribution in [1.82, 2.24) is 4.98 Å². The van der Waals surface area contributed by atoms with E-state index in [1.807, 2.05) is 0 Å². The number of rotatable bonds is 3. The van der Waals surface area contributed by atoms with Crippen LogP contribution in [0.5, 0.6) is 0 Å². The lowest BCUT2D eigenvalue weighted by Gasteiger charge is -2.13. The fraction of sp³-hybridized carbons (Fsp3) is 0.300. The van der Waals surface area contributed by atoms with Crippen LogP contribution in [-0.4, -0.2) is 34.4 Å². The molecule has 0 saturated heterocycles. The summed E-state index contributed by atoms with van der Waals surface area (Å²) in [5.74, 6) is -0.769. The van der Waals surface area contributed by atoms with Crippen molar-refractivity contribution in [2.45, 2.75) is 12.2 Å². The molecule has 1 aromatic heterocycles. The standard InChI is InChI=1S/C10H11N3O4/c1-17-10(16)6-2-5(4-13-9(6)12)8(15)7(14)3-11/h2,4,7-8,14-15H,1H3,(H2,12,13). The van der Waals surface area contributed by atoms with E-state index in [0.29, 0.717) is 0 Å². The van der Waals surface area contributed by atoms with Gasteiger partial charge in [0.15, 0.2) is 6.10 Å². The molecule has 0 radical (unpaired) electrons. The Morgan fingerprint density at radius 3 is 2.82 bits per heavy atom. The number of anilines is 1. The Hall–Kier alpha value is -2.17. The van der Waals surface area contributed by atoms with Gasteiger partial charge in [-0.05, 0) is 6.07 Å². The van der Waals surface area contributed by atoms with Crippen LogP contribution >= 0.6 is 0 Å². The molecule has 2 unspecified atom stereocenters. The number of pyridine rings is 1. The number of aliphatic hydroxyl groups excluding tert-OH is 2. The second kappa shape index (κ2) is 5.25. The van der Waals surface area contributed by atoms with Gasteiger partial charge in [0.05, 0.1) is 13.2 Å². The number of nitrogens with zero attached hydrogens (tertiary/aromatic N) is 2. The SMILES string of the molecule is COC(=O)c1cc(C(O)C(O)C#N)cnc1N. The topological polar surface area (TPSA) is 129 Å². The van der Waals surface area contributed by atoms with Gasteiger partial charge in [-0.15, -0.1) is 0 Å². The maximum Gasteiger partial charge on any atom is 0.341 e. The molecular formula is C10H11N3O4. The Balaban J connectivity index is 3.13. The molecule has 1 rings (SSSR count). The number of hydrogen-bond acceptors (Lipinski definition) is 7. The summed E-state index contributed by atoms with van der Waals surface area (Å²) in [6.45, 7) is 0. The highest BCUT2D eigenvalue weighted by atomic mass is 16.5. The second-order valence-corrected chi connectivity index (χ2v) is 3.21. The van der Waals surface area contributed by atoms with Gasteiger partial charge in [0.2, 0.25) is 0 Å². The molecule has 0 bridgehead atoms. The molecule has 7 nitrogen and oxygen atoms in total. The third kappa shape index (κ3) is 2.69. The summed E-state index contributed by atoms with van der Waals surface area (Å²) in [6, 6.07) is 2.69. The van der Waals surface area contributed by atoms with Gasteiger partial charge in [-0.1, -0.05) is 0 Å².